The Morgan fingerprint density at radius 2 is 2.10 bits per heavy atom. The predicted octanol–water partition coefficient (Wildman–Crippen LogP) is 2.06. The number of likely N-dealkylation sites (tertiary alicyclic amines) is 2. The van der Waals surface area contributed by atoms with Crippen molar-refractivity contribution in [3.63, 3.8) is 0 Å². The predicted molar refractivity (Wildman–Crippen MR) is 78.1 cm³/mol. The molecule has 0 N–H and O–H groups in total. The van der Waals surface area contributed by atoms with Crippen molar-refractivity contribution in [1.82, 2.24) is 14.8 Å². The Morgan fingerprint density at radius 3 is 2.85 bits per heavy atom. The molecule has 4 nitrogen and oxygen atoms in total. The first-order valence-corrected chi connectivity index (χ1v) is 7.66. The molecule has 0 spiro atoms. The van der Waals surface area contributed by atoms with E-state index in [1.54, 1.807) is 6.92 Å². The fourth-order valence-electron chi connectivity index (χ4n) is 3.79. The van der Waals surface area contributed by atoms with Gasteiger partial charge in [-0.3, -0.25) is 14.7 Å². The van der Waals surface area contributed by atoms with Gasteiger partial charge in [-0.2, -0.15) is 0 Å². The highest BCUT2D eigenvalue weighted by Crippen LogP contribution is 2.30. The summed E-state index contributed by atoms with van der Waals surface area (Å²) in [6.45, 7) is 4.75. The molecule has 0 saturated carbocycles. The van der Waals surface area contributed by atoms with Gasteiger partial charge in [-0.25, -0.2) is 0 Å². The van der Waals surface area contributed by atoms with Crippen LogP contribution in [0.2, 0.25) is 0 Å². The van der Waals surface area contributed by atoms with Crippen molar-refractivity contribution in [2.75, 3.05) is 13.1 Å². The lowest BCUT2D eigenvalue weighted by molar-refractivity contribution is -0.130. The summed E-state index contributed by atoms with van der Waals surface area (Å²) in [6, 6.07) is 5.09. The number of amides is 1. The lowest BCUT2D eigenvalue weighted by Crippen LogP contribution is -2.47. The van der Waals surface area contributed by atoms with Crippen molar-refractivity contribution in [3.8, 4) is 0 Å². The SMILES string of the molecule is CC(=O)N1CCC[C@@H]1[C@@H]1CCCN1Cc1cccnc1. The third-order valence-electron chi connectivity index (χ3n) is 4.67. The molecule has 3 heterocycles. The number of hydrogen-bond donors (Lipinski definition) is 0. The molecule has 2 atom stereocenters. The van der Waals surface area contributed by atoms with E-state index in [2.05, 4.69) is 20.9 Å². The van der Waals surface area contributed by atoms with Gasteiger partial charge in [0.05, 0.1) is 0 Å². The lowest BCUT2D eigenvalue weighted by atomic mass is 10.0. The van der Waals surface area contributed by atoms with Crippen LogP contribution in [0, 0.1) is 0 Å². The van der Waals surface area contributed by atoms with Gasteiger partial charge in [0.1, 0.15) is 0 Å². The standard InChI is InChI=1S/C16H23N3O/c1-13(20)19-10-4-7-16(19)15-6-3-9-18(15)12-14-5-2-8-17-11-14/h2,5,8,11,15-16H,3-4,6-7,9-10,12H2,1H3/t15-,16+/m0/s1. The third kappa shape index (κ3) is 2.70. The quantitative estimate of drug-likeness (QED) is 0.846. The van der Waals surface area contributed by atoms with Gasteiger partial charge in [-0.15, -0.1) is 0 Å². The normalized spacial score (nSPS) is 27.1. The molecule has 1 aromatic rings. The van der Waals surface area contributed by atoms with Crippen molar-refractivity contribution in [2.45, 2.75) is 51.2 Å². The second kappa shape index (κ2) is 5.92. The Labute approximate surface area is 120 Å². The van der Waals surface area contributed by atoms with Crippen molar-refractivity contribution in [2.24, 2.45) is 0 Å². The van der Waals surface area contributed by atoms with Gasteiger partial charge in [0, 0.05) is 44.5 Å². The molecule has 4 heteroatoms. The van der Waals surface area contributed by atoms with E-state index >= 15 is 0 Å². The minimum Gasteiger partial charge on any atom is -0.338 e. The van der Waals surface area contributed by atoms with Gasteiger partial charge in [0.2, 0.25) is 5.91 Å². The Balaban J connectivity index is 1.71. The summed E-state index contributed by atoms with van der Waals surface area (Å²) in [5.74, 6) is 0.237. The van der Waals surface area contributed by atoms with E-state index < -0.39 is 0 Å². The van der Waals surface area contributed by atoms with Crippen molar-refractivity contribution >= 4 is 5.91 Å². The van der Waals surface area contributed by atoms with Crippen LogP contribution in [0.4, 0.5) is 0 Å². The molecule has 0 aliphatic carbocycles. The molecule has 108 valence electrons. The van der Waals surface area contributed by atoms with Crippen LogP contribution in [-0.4, -0.2) is 45.9 Å². The molecule has 0 radical (unpaired) electrons. The van der Waals surface area contributed by atoms with Crippen LogP contribution in [0.15, 0.2) is 24.5 Å². The van der Waals surface area contributed by atoms with Crippen LogP contribution in [0.3, 0.4) is 0 Å². The van der Waals surface area contributed by atoms with Gasteiger partial charge in [-0.1, -0.05) is 6.07 Å². The van der Waals surface area contributed by atoms with Crippen molar-refractivity contribution in [1.29, 1.82) is 0 Å². The van der Waals surface area contributed by atoms with Crippen LogP contribution in [-0.2, 0) is 11.3 Å². The van der Waals surface area contributed by atoms with Crippen molar-refractivity contribution < 1.29 is 4.79 Å². The molecule has 0 unspecified atom stereocenters. The first kappa shape index (κ1) is 13.6. The van der Waals surface area contributed by atoms with E-state index in [-0.39, 0.29) is 5.91 Å². The summed E-state index contributed by atoms with van der Waals surface area (Å²) in [5.41, 5.74) is 1.27. The molecule has 1 amide bonds. The van der Waals surface area contributed by atoms with Gasteiger partial charge >= 0.3 is 0 Å². The molecular weight excluding hydrogens is 250 g/mol. The van der Waals surface area contributed by atoms with E-state index in [1.807, 2.05) is 18.5 Å². The zero-order chi connectivity index (χ0) is 13.9. The van der Waals surface area contributed by atoms with E-state index in [1.165, 1.54) is 18.4 Å². The Morgan fingerprint density at radius 1 is 1.30 bits per heavy atom. The molecule has 2 aliphatic heterocycles. The fourth-order valence-corrected chi connectivity index (χ4v) is 3.79. The van der Waals surface area contributed by atoms with Crippen LogP contribution in [0.1, 0.15) is 38.2 Å². The topological polar surface area (TPSA) is 36.4 Å². The molecule has 2 fully saturated rings. The van der Waals surface area contributed by atoms with E-state index in [0.717, 1.165) is 32.5 Å². The minimum atomic E-state index is 0.237. The van der Waals surface area contributed by atoms with Crippen LogP contribution < -0.4 is 0 Å². The Hall–Kier alpha value is -1.42. The maximum Gasteiger partial charge on any atom is 0.219 e. The highest BCUT2D eigenvalue weighted by atomic mass is 16.2. The van der Waals surface area contributed by atoms with Gasteiger partial charge < -0.3 is 4.90 Å². The number of nitrogens with zero attached hydrogens (tertiary/aromatic N) is 3. The smallest absolute Gasteiger partial charge is 0.219 e. The summed E-state index contributed by atoms with van der Waals surface area (Å²) in [5, 5.41) is 0. The highest BCUT2D eigenvalue weighted by Gasteiger charge is 2.38. The molecule has 0 bridgehead atoms. The summed E-state index contributed by atoms with van der Waals surface area (Å²) < 4.78 is 0. The average Bonchev–Trinajstić information content (AvgIpc) is 3.07. The maximum absolute atomic E-state index is 11.8. The first-order chi connectivity index (χ1) is 9.75. The summed E-state index contributed by atoms with van der Waals surface area (Å²) in [6.07, 6.45) is 8.54. The molecule has 0 aromatic carbocycles. The second-order valence-corrected chi connectivity index (χ2v) is 5.96. The maximum atomic E-state index is 11.8. The molecule has 2 saturated heterocycles. The van der Waals surface area contributed by atoms with Crippen molar-refractivity contribution in [3.05, 3.63) is 30.1 Å². The molecule has 3 rings (SSSR count). The van der Waals surface area contributed by atoms with Crippen LogP contribution in [0.25, 0.3) is 0 Å². The summed E-state index contributed by atoms with van der Waals surface area (Å²) >= 11 is 0. The summed E-state index contributed by atoms with van der Waals surface area (Å²) in [4.78, 5) is 20.6. The molecule has 20 heavy (non-hydrogen) atoms. The minimum absolute atomic E-state index is 0.237. The van der Waals surface area contributed by atoms with Gasteiger partial charge in [0.25, 0.3) is 0 Å². The van der Waals surface area contributed by atoms with E-state index in [0.29, 0.717) is 12.1 Å². The van der Waals surface area contributed by atoms with Crippen LogP contribution in [0.5, 0.6) is 0 Å². The Kier molecular flexibility index (Phi) is 4.01. The largest absolute Gasteiger partial charge is 0.338 e. The highest BCUT2D eigenvalue weighted by molar-refractivity contribution is 5.74. The number of hydrogen-bond acceptors (Lipinski definition) is 3. The van der Waals surface area contributed by atoms with E-state index in [4.69, 9.17) is 0 Å². The number of carbonyl (C=O) groups excluding carboxylic acids is 1. The monoisotopic (exact) mass is 273 g/mol. The lowest BCUT2D eigenvalue weighted by Gasteiger charge is -2.34. The first-order valence-electron chi connectivity index (χ1n) is 7.66. The van der Waals surface area contributed by atoms with Crippen LogP contribution >= 0.6 is 0 Å². The van der Waals surface area contributed by atoms with Gasteiger partial charge in [0.15, 0.2) is 0 Å². The number of rotatable bonds is 3. The van der Waals surface area contributed by atoms with E-state index in [9.17, 15) is 4.79 Å². The van der Waals surface area contributed by atoms with Gasteiger partial charge in [-0.05, 0) is 43.9 Å². The zero-order valence-electron chi connectivity index (χ0n) is 12.2. The number of pyridine rings is 1. The number of carbonyl (C=O) groups is 1. The molecule has 2 aliphatic rings. The molecule has 1 aromatic heterocycles. The number of aromatic nitrogens is 1. The Bertz CT molecular complexity index is 462. The zero-order valence-corrected chi connectivity index (χ0v) is 12.2. The summed E-state index contributed by atoms with van der Waals surface area (Å²) in [7, 11) is 0. The second-order valence-electron chi connectivity index (χ2n) is 5.96. The average molecular weight is 273 g/mol. The molecular formula is C16H23N3O. The third-order valence-corrected chi connectivity index (χ3v) is 4.67. The fraction of sp³-hybridized carbons (Fsp3) is 0.625.